The SMILES string of the molecule is CCC(CC)Oc1ccc(CNC2CC2)cc1. The van der Waals surface area contributed by atoms with Crippen LogP contribution < -0.4 is 10.1 Å². The Bertz CT molecular complexity index is 325. The van der Waals surface area contributed by atoms with Gasteiger partial charge in [0.05, 0.1) is 6.10 Å². The first-order valence-electron chi connectivity index (χ1n) is 6.80. The average Bonchev–Trinajstić information content (AvgIpc) is 3.19. The molecule has 2 rings (SSSR count). The highest BCUT2D eigenvalue weighted by Crippen LogP contribution is 2.20. The minimum atomic E-state index is 0.352. The third kappa shape index (κ3) is 4.04. The van der Waals surface area contributed by atoms with Crippen molar-refractivity contribution in [3.05, 3.63) is 29.8 Å². The molecule has 0 aromatic heterocycles. The first kappa shape index (κ1) is 12.4. The maximum absolute atomic E-state index is 5.89. The molecule has 1 aliphatic rings. The monoisotopic (exact) mass is 233 g/mol. The number of hydrogen-bond donors (Lipinski definition) is 1. The standard InChI is InChI=1S/C15H23NO/c1-3-14(4-2)17-15-9-5-12(6-10-15)11-16-13-7-8-13/h5-6,9-10,13-14,16H,3-4,7-8,11H2,1-2H3. The van der Waals surface area contributed by atoms with Crippen LogP contribution in [0.25, 0.3) is 0 Å². The Kier molecular flexibility index (Phi) is 4.43. The molecule has 1 saturated carbocycles. The maximum Gasteiger partial charge on any atom is 0.119 e. The highest BCUT2D eigenvalue weighted by molar-refractivity contribution is 5.27. The Hall–Kier alpha value is -1.02. The lowest BCUT2D eigenvalue weighted by Gasteiger charge is -2.15. The number of nitrogens with one attached hydrogen (secondary N) is 1. The topological polar surface area (TPSA) is 21.3 Å². The van der Waals surface area contributed by atoms with E-state index in [9.17, 15) is 0 Å². The van der Waals surface area contributed by atoms with Gasteiger partial charge >= 0.3 is 0 Å². The van der Waals surface area contributed by atoms with Crippen LogP contribution in [-0.4, -0.2) is 12.1 Å². The highest BCUT2D eigenvalue weighted by atomic mass is 16.5. The molecular formula is C15H23NO. The van der Waals surface area contributed by atoms with Crippen LogP contribution in [0, 0.1) is 0 Å². The fourth-order valence-corrected chi connectivity index (χ4v) is 1.88. The van der Waals surface area contributed by atoms with Crippen molar-refractivity contribution in [2.24, 2.45) is 0 Å². The number of benzene rings is 1. The zero-order valence-corrected chi connectivity index (χ0v) is 10.9. The summed E-state index contributed by atoms with van der Waals surface area (Å²) in [4.78, 5) is 0. The van der Waals surface area contributed by atoms with Crippen LogP contribution in [0.4, 0.5) is 0 Å². The number of ether oxygens (including phenoxy) is 1. The summed E-state index contributed by atoms with van der Waals surface area (Å²) in [6.07, 6.45) is 5.18. The van der Waals surface area contributed by atoms with Gasteiger partial charge in [-0.05, 0) is 43.4 Å². The van der Waals surface area contributed by atoms with E-state index < -0.39 is 0 Å². The summed E-state index contributed by atoms with van der Waals surface area (Å²) in [7, 11) is 0. The van der Waals surface area contributed by atoms with Gasteiger partial charge in [-0.3, -0.25) is 0 Å². The van der Waals surface area contributed by atoms with E-state index in [1.54, 1.807) is 0 Å². The molecule has 0 spiro atoms. The Morgan fingerprint density at radius 2 is 1.82 bits per heavy atom. The molecule has 0 amide bonds. The summed E-state index contributed by atoms with van der Waals surface area (Å²) in [5.74, 6) is 0.994. The lowest BCUT2D eigenvalue weighted by molar-refractivity contribution is 0.193. The first-order valence-corrected chi connectivity index (χ1v) is 6.80. The second kappa shape index (κ2) is 6.06. The molecule has 94 valence electrons. The van der Waals surface area contributed by atoms with Gasteiger partial charge in [0.2, 0.25) is 0 Å². The third-order valence-electron chi connectivity index (χ3n) is 3.31. The molecule has 0 atom stereocenters. The van der Waals surface area contributed by atoms with Crippen molar-refractivity contribution in [1.29, 1.82) is 0 Å². The molecule has 0 radical (unpaired) electrons. The average molecular weight is 233 g/mol. The van der Waals surface area contributed by atoms with Gasteiger partial charge in [-0.1, -0.05) is 26.0 Å². The largest absolute Gasteiger partial charge is 0.490 e. The van der Waals surface area contributed by atoms with E-state index in [0.29, 0.717) is 6.10 Å². The predicted octanol–water partition coefficient (Wildman–Crippen LogP) is 3.51. The normalized spacial score (nSPS) is 15.2. The summed E-state index contributed by atoms with van der Waals surface area (Å²) >= 11 is 0. The lowest BCUT2D eigenvalue weighted by atomic mass is 10.2. The minimum absolute atomic E-state index is 0.352. The first-order chi connectivity index (χ1) is 8.31. The van der Waals surface area contributed by atoms with Crippen molar-refractivity contribution in [2.45, 2.75) is 58.2 Å². The van der Waals surface area contributed by atoms with Gasteiger partial charge in [0.15, 0.2) is 0 Å². The highest BCUT2D eigenvalue weighted by Gasteiger charge is 2.19. The molecule has 1 aromatic carbocycles. The van der Waals surface area contributed by atoms with Crippen molar-refractivity contribution >= 4 is 0 Å². The van der Waals surface area contributed by atoms with Crippen LogP contribution in [-0.2, 0) is 6.54 Å². The summed E-state index contributed by atoms with van der Waals surface area (Å²) in [6, 6.07) is 9.26. The van der Waals surface area contributed by atoms with E-state index in [0.717, 1.165) is 31.2 Å². The fourth-order valence-electron chi connectivity index (χ4n) is 1.88. The molecule has 2 nitrogen and oxygen atoms in total. The van der Waals surface area contributed by atoms with Crippen LogP contribution in [0.2, 0.25) is 0 Å². The Labute approximate surface area is 104 Å². The van der Waals surface area contributed by atoms with E-state index in [2.05, 4.69) is 43.4 Å². The molecular weight excluding hydrogens is 210 g/mol. The maximum atomic E-state index is 5.89. The molecule has 0 saturated heterocycles. The fraction of sp³-hybridized carbons (Fsp3) is 0.600. The molecule has 1 aromatic rings. The zero-order chi connectivity index (χ0) is 12.1. The van der Waals surface area contributed by atoms with Gasteiger partial charge in [0, 0.05) is 12.6 Å². The van der Waals surface area contributed by atoms with Crippen molar-refractivity contribution in [1.82, 2.24) is 5.32 Å². The number of rotatable bonds is 7. The van der Waals surface area contributed by atoms with Gasteiger partial charge in [-0.15, -0.1) is 0 Å². The Balaban J connectivity index is 1.83. The van der Waals surface area contributed by atoms with Gasteiger partial charge in [-0.2, -0.15) is 0 Å². The third-order valence-corrected chi connectivity index (χ3v) is 3.31. The molecule has 17 heavy (non-hydrogen) atoms. The summed E-state index contributed by atoms with van der Waals surface area (Å²) in [6.45, 7) is 5.32. The smallest absolute Gasteiger partial charge is 0.119 e. The second-order valence-electron chi connectivity index (χ2n) is 4.86. The second-order valence-corrected chi connectivity index (χ2v) is 4.86. The van der Waals surface area contributed by atoms with E-state index >= 15 is 0 Å². The van der Waals surface area contributed by atoms with Crippen molar-refractivity contribution in [3.63, 3.8) is 0 Å². The van der Waals surface area contributed by atoms with Crippen molar-refractivity contribution in [2.75, 3.05) is 0 Å². The van der Waals surface area contributed by atoms with Gasteiger partial charge in [0.25, 0.3) is 0 Å². The minimum Gasteiger partial charge on any atom is -0.490 e. The summed E-state index contributed by atoms with van der Waals surface area (Å²) in [5.41, 5.74) is 1.34. The van der Waals surface area contributed by atoms with E-state index in [-0.39, 0.29) is 0 Å². The lowest BCUT2D eigenvalue weighted by Crippen LogP contribution is -2.15. The summed E-state index contributed by atoms with van der Waals surface area (Å²) in [5, 5.41) is 3.51. The molecule has 0 aliphatic heterocycles. The van der Waals surface area contributed by atoms with Gasteiger partial charge < -0.3 is 10.1 Å². The Morgan fingerprint density at radius 3 is 2.35 bits per heavy atom. The zero-order valence-electron chi connectivity index (χ0n) is 10.9. The number of hydrogen-bond acceptors (Lipinski definition) is 2. The van der Waals surface area contributed by atoms with Crippen LogP contribution >= 0.6 is 0 Å². The Morgan fingerprint density at radius 1 is 1.18 bits per heavy atom. The molecule has 2 heteroatoms. The van der Waals surface area contributed by atoms with Crippen molar-refractivity contribution < 1.29 is 4.74 Å². The van der Waals surface area contributed by atoms with Gasteiger partial charge in [-0.25, -0.2) is 0 Å². The van der Waals surface area contributed by atoms with Crippen LogP contribution in [0.1, 0.15) is 45.1 Å². The molecule has 1 fully saturated rings. The van der Waals surface area contributed by atoms with Crippen molar-refractivity contribution in [3.8, 4) is 5.75 Å². The molecule has 0 heterocycles. The van der Waals surface area contributed by atoms with Crippen LogP contribution in [0.3, 0.4) is 0 Å². The van der Waals surface area contributed by atoms with E-state index in [1.165, 1.54) is 18.4 Å². The quantitative estimate of drug-likeness (QED) is 0.778. The van der Waals surface area contributed by atoms with Gasteiger partial charge in [0.1, 0.15) is 5.75 Å². The molecule has 1 N–H and O–H groups in total. The van der Waals surface area contributed by atoms with Crippen LogP contribution in [0.15, 0.2) is 24.3 Å². The molecule has 1 aliphatic carbocycles. The van der Waals surface area contributed by atoms with Crippen LogP contribution in [0.5, 0.6) is 5.75 Å². The molecule has 0 unspecified atom stereocenters. The summed E-state index contributed by atoms with van der Waals surface area (Å²) < 4.78 is 5.89. The molecule has 0 bridgehead atoms. The predicted molar refractivity (Wildman–Crippen MR) is 71.3 cm³/mol. The van der Waals surface area contributed by atoms with E-state index in [4.69, 9.17) is 4.74 Å². The van der Waals surface area contributed by atoms with E-state index in [1.807, 2.05) is 0 Å².